The van der Waals surface area contributed by atoms with Crippen molar-refractivity contribution < 1.29 is 14.3 Å². The van der Waals surface area contributed by atoms with E-state index in [0.29, 0.717) is 18.5 Å². The Bertz CT molecular complexity index is 677. The smallest absolute Gasteiger partial charge is 0.315 e. The summed E-state index contributed by atoms with van der Waals surface area (Å²) < 4.78 is 15.1. The van der Waals surface area contributed by atoms with Gasteiger partial charge in [-0.2, -0.15) is 5.10 Å². The monoisotopic (exact) mass is 340 g/mol. The number of carbonyl (C=O) groups is 1. The van der Waals surface area contributed by atoms with E-state index in [2.05, 4.69) is 15.7 Å². The van der Waals surface area contributed by atoms with E-state index in [1.165, 1.54) is 12.1 Å². The zero-order chi connectivity index (χ0) is 16.8. The molecule has 2 amide bonds. The second-order valence-electron chi connectivity index (χ2n) is 5.08. The van der Waals surface area contributed by atoms with E-state index < -0.39 is 17.9 Å². The van der Waals surface area contributed by atoms with Gasteiger partial charge in [-0.05, 0) is 29.7 Å². The number of aliphatic hydroxyl groups is 1. The van der Waals surface area contributed by atoms with Gasteiger partial charge in [0.1, 0.15) is 5.82 Å². The molecule has 1 atom stereocenters. The van der Waals surface area contributed by atoms with Gasteiger partial charge in [-0.1, -0.05) is 17.7 Å². The molecule has 1 aromatic heterocycles. The zero-order valence-corrected chi connectivity index (χ0v) is 13.3. The summed E-state index contributed by atoms with van der Waals surface area (Å²) in [6.45, 7) is 0.0712. The number of amides is 2. The maximum atomic E-state index is 13.5. The van der Waals surface area contributed by atoms with E-state index in [4.69, 9.17) is 11.6 Å². The van der Waals surface area contributed by atoms with Crippen molar-refractivity contribution >= 4 is 17.6 Å². The van der Waals surface area contributed by atoms with E-state index in [1.807, 2.05) is 13.2 Å². The first-order valence-electron chi connectivity index (χ1n) is 7.07. The molecule has 0 spiro atoms. The quantitative estimate of drug-likeness (QED) is 0.750. The summed E-state index contributed by atoms with van der Waals surface area (Å²) in [5, 5.41) is 18.7. The van der Waals surface area contributed by atoms with Crippen LogP contribution in [0.3, 0.4) is 0 Å². The summed E-state index contributed by atoms with van der Waals surface area (Å²) in [5.41, 5.74) is 1.45. The number of hydrogen-bond acceptors (Lipinski definition) is 3. The molecule has 124 valence electrons. The predicted octanol–water partition coefficient (Wildman–Crippen LogP) is 1.79. The average molecular weight is 341 g/mol. The maximum absolute atomic E-state index is 13.5. The second kappa shape index (κ2) is 7.94. The van der Waals surface area contributed by atoms with Crippen LogP contribution in [0.2, 0.25) is 5.02 Å². The van der Waals surface area contributed by atoms with Crippen LogP contribution in [0.25, 0.3) is 0 Å². The number of benzene rings is 1. The van der Waals surface area contributed by atoms with E-state index in [9.17, 15) is 14.3 Å². The highest BCUT2D eigenvalue weighted by Crippen LogP contribution is 2.20. The molecule has 0 aliphatic rings. The molecular weight excluding hydrogens is 323 g/mol. The molecule has 0 radical (unpaired) electrons. The number of aryl methyl sites for hydroxylation is 1. The molecule has 2 rings (SSSR count). The van der Waals surface area contributed by atoms with Gasteiger partial charge in [0.15, 0.2) is 0 Å². The predicted molar refractivity (Wildman–Crippen MR) is 84.7 cm³/mol. The SMILES string of the molecule is Cn1cc(CCNC(=O)NC(CO)c2ccc(Cl)c(F)c2)cn1. The Hall–Kier alpha value is -2.12. The highest BCUT2D eigenvalue weighted by atomic mass is 35.5. The Labute approximate surface area is 138 Å². The molecule has 0 aliphatic carbocycles. The molecule has 3 N–H and O–H groups in total. The van der Waals surface area contributed by atoms with Crippen molar-refractivity contribution in [3.63, 3.8) is 0 Å². The summed E-state index contributed by atoms with van der Waals surface area (Å²) in [4.78, 5) is 11.9. The number of aliphatic hydroxyl groups excluding tert-OH is 1. The standard InChI is InChI=1S/C15H18ClFN4O2/c1-21-8-10(7-19-21)4-5-18-15(23)20-14(9-22)11-2-3-12(16)13(17)6-11/h2-3,6-8,14,22H,4-5,9H2,1H3,(H2,18,20,23). The lowest BCUT2D eigenvalue weighted by atomic mass is 10.1. The Morgan fingerprint density at radius 3 is 2.91 bits per heavy atom. The van der Waals surface area contributed by atoms with Crippen LogP contribution in [0.4, 0.5) is 9.18 Å². The third kappa shape index (κ3) is 4.94. The minimum atomic E-state index is -0.708. The normalized spacial score (nSPS) is 12.0. The molecule has 0 saturated carbocycles. The molecule has 8 heteroatoms. The Morgan fingerprint density at radius 2 is 2.30 bits per heavy atom. The molecule has 0 fully saturated rings. The number of nitrogens with one attached hydrogen (secondary N) is 2. The van der Waals surface area contributed by atoms with Gasteiger partial charge in [-0.15, -0.1) is 0 Å². The molecule has 23 heavy (non-hydrogen) atoms. The number of urea groups is 1. The molecule has 1 unspecified atom stereocenters. The fraction of sp³-hybridized carbons (Fsp3) is 0.333. The van der Waals surface area contributed by atoms with Crippen LogP contribution in [-0.4, -0.2) is 34.1 Å². The van der Waals surface area contributed by atoms with Crippen molar-refractivity contribution in [3.05, 3.63) is 52.6 Å². The first kappa shape index (κ1) is 17.2. The summed E-state index contributed by atoms with van der Waals surface area (Å²) in [5.74, 6) is -0.596. The lowest BCUT2D eigenvalue weighted by Crippen LogP contribution is -2.40. The molecule has 0 saturated heterocycles. The maximum Gasteiger partial charge on any atom is 0.315 e. The fourth-order valence-corrected chi connectivity index (χ4v) is 2.21. The third-order valence-electron chi connectivity index (χ3n) is 3.29. The molecule has 0 aliphatic heterocycles. The van der Waals surface area contributed by atoms with E-state index in [0.717, 1.165) is 5.56 Å². The fourth-order valence-electron chi connectivity index (χ4n) is 2.09. The summed E-state index contributed by atoms with van der Waals surface area (Å²) in [7, 11) is 1.82. The van der Waals surface area contributed by atoms with Crippen molar-refractivity contribution in [1.82, 2.24) is 20.4 Å². The largest absolute Gasteiger partial charge is 0.394 e. The number of aromatic nitrogens is 2. The zero-order valence-electron chi connectivity index (χ0n) is 12.6. The highest BCUT2D eigenvalue weighted by Gasteiger charge is 2.15. The number of nitrogens with zero attached hydrogens (tertiary/aromatic N) is 2. The van der Waals surface area contributed by atoms with Crippen LogP contribution in [0.15, 0.2) is 30.6 Å². The minimum absolute atomic E-state index is 0.00800. The van der Waals surface area contributed by atoms with Crippen LogP contribution in [0, 0.1) is 5.82 Å². The molecule has 1 aromatic carbocycles. The lowest BCUT2D eigenvalue weighted by molar-refractivity contribution is 0.217. The third-order valence-corrected chi connectivity index (χ3v) is 3.60. The van der Waals surface area contributed by atoms with Crippen LogP contribution in [0.1, 0.15) is 17.2 Å². The first-order valence-corrected chi connectivity index (χ1v) is 7.45. The molecule has 0 bridgehead atoms. The molecule has 1 heterocycles. The number of hydrogen-bond donors (Lipinski definition) is 3. The van der Waals surface area contributed by atoms with Gasteiger partial charge in [0.05, 0.1) is 23.9 Å². The molecule has 6 nitrogen and oxygen atoms in total. The number of carbonyl (C=O) groups excluding carboxylic acids is 1. The second-order valence-corrected chi connectivity index (χ2v) is 5.49. The topological polar surface area (TPSA) is 79.2 Å². The summed E-state index contributed by atoms with van der Waals surface area (Å²) in [6, 6.07) is 2.99. The van der Waals surface area contributed by atoms with Gasteiger partial charge in [0.25, 0.3) is 0 Å². The van der Waals surface area contributed by atoms with Gasteiger partial charge >= 0.3 is 6.03 Å². The van der Waals surface area contributed by atoms with E-state index in [-0.39, 0.29) is 11.6 Å². The highest BCUT2D eigenvalue weighted by molar-refractivity contribution is 6.30. The number of halogens is 2. The lowest BCUT2D eigenvalue weighted by Gasteiger charge is -2.17. The van der Waals surface area contributed by atoms with Crippen LogP contribution >= 0.6 is 11.6 Å². The Balaban J connectivity index is 1.85. The average Bonchev–Trinajstić information content (AvgIpc) is 2.93. The molecular formula is C15H18ClFN4O2. The van der Waals surface area contributed by atoms with Crippen LogP contribution in [0.5, 0.6) is 0 Å². The van der Waals surface area contributed by atoms with Crippen LogP contribution in [-0.2, 0) is 13.5 Å². The first-order chi connectivity index (χ1) is 11.0. The minimum Gasteiger partial charge on any atom is -0.394 e. The van der Waals surface area contributed by atoms with Gasteiger partial charge in [-0.25, -0.2) is 9.18 Å². The van der Waals surface area contributed by atoms with Gasteiger partial charge < -0.3 is 15.7 Å². The van der Waals surface area contributed by atoms with Gasteiger partial charge in [0, 0.05) is 19.8 Å². The van der Waals surface area contributed by atoms with E-state index >= 15 is 0 Å². The van der Waals surface area contributed by atoms with Crippen LogP contribution < -0.4 is 10.6 Å². The summed E-state index contributed by atoms with van der Waals surface area (Å²) in [6.07, 6.45) is 4.24. The Kier molecular flexibility index (Phi) is 5.95. The Morgan fingerprint density at radius 1 is 1.52 bits per heavy atom. The van der Waals surface area contributed by atoms with Gasteiger partial charge in [0.2, 0.25) is 0 Å². The van der Waals surface area contributed by atoms with Crippen molar-refractivity contribution in [1.29, 1.82) is 0 Å². The van der Waals surface area contributed by atoms with Gasteiger partial charge in [-0.3, -0.25) is 4.68 Å². The van der Waals surface area contributed by atoms with Crippen molar-refractivity contribution in [3.8, 4) is 0 Å². The van der Waals surface area contributed by atoms with Crippen molar-refractivity contribution in [2.24, 2.45) is 7.05 Å². The van der Waals surface area contributed by atoms with E-state index in [1.54, 1.807) is 16.9 Å². The van der Waals surface area contributed by atoms with Crippen molar-refractivity contribution in [2.45, 2.75) is 12.5 Å². The molecule has 2 aromatic rings. The number of rotatable bonds is 6. The summed E-state index contributed by atoms with van der Waals surface area (Å²) >= 11 is 5.62. The van der Waals surface area contributed by atoms with Crippen molar-refractivity contribution in [2.75, 3.05) is 13.2 Å².